The number of nitrogens with one attached hydrogen (secondary N) is 2. The molecule has 2 aromatic rings. The topological polar surface area (TPSA) is 67.4 Å². The van der Waals surface area contributed by atoms with Crippen molar-refractivity contribution < 1.29 is 14.3 Å². The normalized spacial score (nSPS) is 10.2. The zero-order chi connectivity index (χ0) is 18.4. The van der Waals surface area contributed by atoms with Crippen molar-refractivity contribution in [3.8, 4) is 5.75 Å². The second-order valence-electron chi connectivity index (χ2n) is 6.06. The molecular formula is C20H24N2O3. The third-order valence-electron chi connectivity index (χ3n) is 3.99. The summed E-state index contributed by atoms with van der Waals surface area (Å²) in [6.07, 6.45) is 0. The van der Waals surface area contributed by atoms with E-state index in [0.717, 1.165) is 11.3 Å². The Hall–Kier alpha value is -2.82. The van der Waals surface area contributed by atoms with E-state index in [9.17, 15) is 9.59 Å². The van der Waals surface area contributed by atoms with Crippen molar-refractivity contribution in [2.24, 2.45) is 0 Å². The molecule has 0 saturated heterocycles. The molecule has 0 saturated carbocycles. The van der Waals surface area contributed by atoms with Gasteiger partial charge in [0.05, 0.1) is 6.54 Å². The van der Waals surface area contributed by atoms with Crippen LogP contribution < -0.4 is 15.4 Å². The van der Waals surface area contributed by atoms with Crippen LogP contribution in [0.5, 0.6) is 5.75 Å². The van der Waals surface area contributed by atoms with E-state index in [1.165, 1.54) is 18.1 Å². The molecule has 2 amide bonds. The minimum Gasteiger partial charge on any atom is -0.491 e. The maximum Gasteiger partial charge on any atom is 0.319 e. The minimum absolute atomic E-state index is 0.00483. The van der Waals surface area contributed by atoms with Crippen LogP contribution in [0.25, 0.3) is 0 Å². The first-order valence-corrected chi connectivity index (χ1v) is 8.23. The summed E-state index contributed by atoms with van der Waals surface area (Å²) < 4.78 is 5.74. The Bertz CT molecular complexity index is 767. The highest BCUT2D eigenvalue weighted by molar-refractivity contribution is 5.95. The second-order valence-corrected chi connectivity index (χ2v) is 6.06. The van der Waals surface area contributed by atoms with Crippen LogP contribution in [0.15, 0.2) is 36.4 Å². The van der Waals surface area contributed by atoms with Gasteiger partial charge in [-0.1, -0.05) is 6.07 Å². The molecule has 2 aromatic carbocycles. The first-order valence-electron chi connectivity index (χ1n) is 8.23. The lowest BCUT2D eigenvalue weighted by Crippen LogP contribution is -2.32. The van der Waals surface area contributed by atoms with Crippen LogP contribution in [0, 0.1) is 20.8 Å². The van der Waals surface area contributed by atoms with Crippen LogP contribution in [-0.2, 0) is 0 Å². The summed E-state index contributed by atoms with van der Waals surface area (Å²) in [5.74, 6) is 0.833. The molecule has 0 aliphatic carbocycles. The van der Waals surface area contributed by atoms with E-state index < -0.39 is 0 Å². The molecule has 0 aromatic heterocycles. The molecule has 0 radical (unpaired) electrons. The van der Waals surface area contributed by atoms with Crippen LogP contribution in [0.1, 0.15) is 34.0 Å². The van der Waals surface area contributed by atoms with Gasteiger partial charge < -0.3 is 15.4 Å². The third kappa shape index (κ3) is 5.35. The Labute approximate surface area is 148 Å². The molecule has 0 aliphatic heterocycles. The fourth-order valence-corrected chi connectivity index (χ4v) is 2.38. The van der Waals surface area contributed by atoms with Gasteiger partial charge in [0.15, 0.2) is 5.78 Å². The average Bonchev–Trinajstić information content (AvgIpc) is 2.56. The number of hydrogen-bond donors (Lipinski definition) is 2. The number of carbonyl (C=O) groups excluding carboxylic acids is 2. The Morgan fingerprint density at radius 3 is 2.24 bits per heavy atom. The number of ketones is 1. The molecule has 0 fully saturated rings. The predicted octanol–water partition coefficient (Wildman–Crippen LogP) is 4.01. The summed E-state index contributed by atoms with van der Waals surface area (Å²) in [4.78, 5) is 23.1. The van der Waals surface area contributed by atoms with Crippen molar-refractivity contribution in [3.63, 3.8) is 0 Å². The molecule has 0 aliphatic rings. The number of aryl methyl sites for hydroxylation is 3. The van der Waals surface area contributed by atoms with E-state index in [2.05, 4.69) is 23.6 Å². The van der Waals surface area contributed by atoms with Crippen molar-refractivity contribution in [1.29, 1.82) is 0 Å². The third-order valence-corrected chi connectivity index (χ3v) is 3.99. The summed E-state index contributed by atoms with van der Waals surface area (Å²) in [7, 11) is 0. The van der Waals surface area contributed by atoms with Crippen molar-refractivity contribution in [2.75, 3.05) is 18.5 Å². The monoisotopic (exact) mass is 340 g/mol. The van der Waals surface area contributed by atoms with E-state index >= 15 is 0 Å². The zero-order valence-corrected chi connectivity index (χ0v) is 15.1. The molecule has 0 heterocycles. The molecule has 2 N–H and O–H groups in total. The number of anilines is 1. The first kappa shape index (κ1) is 18.5. The zero-order valence-electron chi connectivity index (χ0n) is 15.1. The second kappa shape index (κ2) is 8.33. The molecule has 0 bridgehead atoms. The lowest BCUT2D eigenvalue weighted by atomic mass is 10.1. The largest absolute Gasteiger partial charge is 0.491 e. The van der Waals surface area contributed by atoms with Crippen molar-refractivity contribution in [2.45, 2.75) is 27.7 Å². The number of hydrogen-bond acceptors (Lipinski definition) is 3. The Kier molecular flexibility index (Phi) is 6.17. The van der Waals surface area contributed by atoms with Gasteiger partial charge in [-0.25, -0.2) is 4.79 Å². The van der Waals surface area contributed by atoms with Crippen LogP contribution >= 0.6 is 0 Å². The summed E-state index contributed by atoms with van der Waals surface area (Å²) in [5.41, 5.74) is 4.74. The first-order chi connectivity index (χ1) is 11.9. The molecule has 2 rings (SSSR count). The van der Waals surface area contributed by atoms with Gasteiger partial charge in [-0.05, 0) is 74.7 Å². The number of carbonyl (C=O) groups is 2. The molecule has 25 heavy (non-hydrogen) atoms. The van der Waals surface area contributed by atoms with E-state index in [-0.39, 0.29) is 11.8 Å². The van der Waals surface area contributed by atoms with Gasteiger partial charge in [0.25, 0.3) is 0 Å². The standard InChI is InChI=1S/C20H24N2O3/c1-13-11-15(3)19(12-14(13)2)25-10-9-21-20(24)22-18-7-5-17(6-8-18)16(4)23/h5-8,11-12H,9-10H2,1-4H3,(H2,21,22,24). The number of urea groups is 1. The molecule has 0 atom stereocenters. The number of ether oxygens (including phenoxy) is 1. The van der Waals surface area contributed by atoms with E-state index in [1.807, 2.05) is 19.9 Å². The van der Waals surface area contributed by atoms with Gasteiger partial charge in [-0.15, -0.1) is 0 Å². The highest BCUT2D eigenvalue weighted by Gasteiger charge is 2.05. The lowest BCUT2D eigenvalue weighted by Gasteiger charge is -2.12. The van der Waals surface area contributed by atoms with Crippen LogP contribution in [0.2, 0.25) is 0 Å². The fourth-order valence-electron chi connectivity index (χ4n) is 2.38. The highest BCUT2D eigenvalue weighted by atomic mass is 16.5. The summed E-state index contributed by atoms with van der Waals surface area (Å²) in [6, 6.07) is 10.6. The highest BCUT2D eigenvalue weighted by Crippen LogP contribution is 2.22. The van der Waals surface area contributed by atoms with Gasteiger partial charge >= 0.3 is 6.03 Å². The van der Waals surface area contributed by atoms with Gasteiger partial charge in [-0.3, -0.25) is 4.79 Å². The van der Waals surface area contributed by atoms with Crippen LogP contribution in [0.3, 0.4) is 0 Å². The Balaban J connectivity index is 1.77. The molecule has 5 heteroatoms. The van der Waals surface area contributed by atoms with E-state index in [0.29, 0.717) is 24.4 Å². The smallest absolute Gasteiger partial charge is 0.319 e. The minimum atomic E-state index is -0.309. The maximum atomic E-state index is 11.9. The van der Waals surface area contributed by atoms with Crippen molar-refractivity contribution in [1.82, 2.24) is 5.32 Å². The quantitative estimate of drug-likeness (QED) is 0.616. The Morgan fingerprint density at radius 1 is 0.960 bits per heavy atom. The summed E-state index contributed by atoms with van der Waals surface area (Å²) in [6.45, 7) is 8.41. The maximum absolute atomic E-state index is 11.9. The SMILES string of the molecule is CC(=O)c1ccc(NC(=O)NCCOc2cc(C)c(C)cc2C)cc1. The summed E-state index contributed by atoms with van der Waals surface area (Å²) >= 11 is 0. The van der Waals surface area contributed by atoms with Gasteiger partial charge in [0.1, 0.15) is 12.4 Å². The van der Waals surface area contributed by atoms with Crippen LogP contribution in [0.4, 0.5) is 10.5 Å². The average molecular weight is 340 g/mol. The van der Waals surface area contributed by atoms with E-state index in [1.54, 1.807) is 24.3 Å². The van der Waals surface area contributed by atoms with E-state index in [4.69, 9.17) is 4.74 Å². The molecule has 0 spiro atoms. The van der Waals surface area contributed by atoms with Crippen LogP contribution in [-0.4, -0.2) is 25.0 Å². The fraction of sp³-hybridized carbons (Fsp3) is 0.300. The van der Waals surface area contributed by atoms with Gasteiger partial charge in [0.2, 0.25) is 0 Å². The molecule has 5 nitrogen and oxygen atoms in total. The predicted molar refractivity (Wildman–Crippen MR) is 99.6 cm³/mol. The Morgan fingerprint density at radius 2 is 1.60 bits per heavy atom. The van der Waals surface area contributed by atoms with Crippen molar-refractivity contribution in [3.05, 3.63) is 58.7 Å². The van der Waals surface area contributed by atoms with Crippen molar-refractivity contribution >= 4 is 17.5 Å². The number of Topliss-reactive ketones (excluding diaryl/α,β-unsaturated/α-hetero) is 1. The van der Waals surface area contributed by atoms with Gasteiger partial charge in [0, 0.05) is 11.3 Å². The lowest BCUT2D eigenvalue weighted by molar-refractivity contribution is 0.101. The molecular weight excluding hydrogens is 316 g/mol. The summed E-state index contributed by atoms with van der Waals surface area (Å²) in [5, 5.41) is 5.46. The van der Waals surface area contributed by atoms with Gasteiger partial charge in [-0.2, -0.15) is 0 Å². The molecule has 0 unspecified atom stereocenters. The number of amides is 2. The number of rotatable bonds is 6. The number of benzene rings is 2. The molecule has 132 valence electrons.